The summed E-state index contributed by atoms with van der Waals surface area (Å²) in [6.45, 7) is 0. The SMILES string of the molecule is O=C(C1=C(O)C(=O)N(c2ccc(F)cc2F)C1c1ccc(O)cc1)c1cc2cc(Cl)ccc2o1. The molecule has 0 saturated heterocycles. The van der Waals surface area contributed by atoms with Crippen LogP contribution in [0.15, 0.2) is 82.5 Å². The van der Waals surface area contributed by atoms with Gasteiger partial charge in [0.15, 0.2) is 11.5 Å². The third kappa shape index (κ3) is 3.48. The molecule has 0 aliphatic carbocycles. The van der Waals surface area contributed by atoms with Gasteiger partial charge in [-0.25, -0.2) is 8.78 Å². The predicted octanol–water partition coefficient (Wildman–Crippen LogP) is 5.85. The van der Waals surface area contributed by atoms with E-state index in [1.165, 1.54) is 30.3 Å². The lowest BCUT2D eigenvalue weighted by Crippen LogP contribution is -2.31. The molecule has 2 heterocycles. The summed E-state index contributed by atoms with van der Waals surface area (Å²) < 4.78 is 33.8. The zero-order chi connectivity index (χ0) is 24.1. The van der Waals surface area contributed by atoms with Crippen molar-refractivity contribution in [3.63, 3.8) is 0 Å². The first-order chi connectivity index (χ1) is 16.2. The summed E-state index contributed by atoms with van der Waals surface area (Å²) in [6.07, 6.45) is 0. The highest BCUT2D eigenvalue weighted by atomic mass is 35.5. The maximum absolute atomic E-state index is 14.7. The standard InChI is InChI=1S/C25H14ClF2NO5/c26-14-3-8-19-13(9-14)10-20(34-19)23(31)21-22(12-1-5-16(30)6-2-12)29(25(33)24(21)32)18-7-4-15(27)11-17(18)28/h1-11,22,30,32H. The molecule has 0 fully saturated rings. The van der Waals surface area contributed by atoms with Gasteiger partial charge in [0, 0.05) is 16.5 Å². The normalized spacial score (nSPS) is 16.0. The van der Waals surface area contributed by atoms with Gasteiger partial charge in [0.2, 0.25) is 5.78 Å². The number of ketones is 1. The first kappa shape index (κ1) is 21.7. The Hall–Kier alpha value is -4.17. The highest BCUT2D eigenvalue weighted by Gasteiger charge is 2.46. The van der Waals surface area contributed by atoms with E-state index in [4.69, 9.17) is 16.0 Å². The lowest BCUT2D eigenvalue weighted by Gasteiger charge is -2.27. The molecule has 6 nitrogen and oxygen atoms in total. The Balaban J connectivity index is 1.67. The smallest absolute Gasteiger partial charge is 0.294 e. The van der Waals surface area contributed by atoms with Gasteiger partial charge in [-0.15, -0.1) is 0 Å². The Morgan fingerprint density at radius 3 is 2.41 bits per heavy atom. The number of phenolic OH excluding ortho intramolecular Hbond substituents is 1. The molecule has 1 aliphatic heterocycles. The predicted molar refractivity (Wildman–Crippen MR) is 120 cm³/mol. The second-order valence-electron chi connectivity index (χ2n) is 7.65. The van der Waals surface area contributed by atoms with Crippen molar-refractivity contribution in [3.05, 3.63) is 106 Å². The van der Waals surface area contributed by atoms with Crippen LogP contribution in [0, 0.1) is 11.6 Å². The first-order valence-electron chi connectivity index (χ1n) is 9.99. The quantitative estimate of drug-likeness (QED) is 0.357. The monoisotopic (exact) mass is 481 g/mol. The number of aromatic hydroxyl groups is 1. The van der Waals surface area contributed by atoms with Crippen LogP contribution in [-0.2, 0) is 4.79 Å². The fraction of sp³-hybridized carbons (Fsp3) is 0.0400. The molecule has 3 aromatic carbocycles. The van der Waals surface area contributed by atoms with Crippen molar-refractivity contribution in [2.45, 2.75) is 6.04 Å². The van der Waals surface area contributed by atoms with Gasteiger partial charge in [0.1, 0.15) is 23.0 Å². The molecule has 1 amide bonds. The molecular weight excluding hydrogens is 468 g/mol. The third-order valence-corrected chi connectivity index (χ3v) is 5.77. The topological polar surface area (TPSA) is 91.0 Å². The van der Waals surface area contributed by atoms with Crippen molar-refractivity contribution in [2.24, 2.45) is 0 Å². The Morgan fingerprint density at radius 2 is 1.71 bits per heavy atom. The van der Waals surface area contributed by atoms with E-state index >= 15 is 0 Å². The highest BCUT2D eigenvalue weighted by Crippen LogP contribution is 2.43. The van der Waals surface area contributed by atoms with E-state index in [0.29, 0.717) is 27.6 Å². The minimum atomic E-state index is -1.28. The Morgan fingerprint density at radius 1 is 0.971 bits per heavy atom. The third-order valence-electron chi connectivity index (χ3n) is 5.53. The molecule has 5 rings (SSSR count). The second-order valence-corrected chi connectivity index (χ2v) is 8.09. The lowest BCUT2D eigenvalue weighted by molar-refractivity contribution is -0.117. The summed E-state index contributed by atoms with van der Waals surface area (Å²) in [4.78, 5) is 27.4. The molecule has 0 radical (unpaired) electrons. The van der Waals surface area contributed by atoms with Crippen LogP contribution in [0.4, 0.5) is 14.5 Å². The largest absolute Gasteiger partial charge is 0.508 e. The minimum Gasteiger partial charge on any atom is -0.508 e. The maximum Gasteiger partial charge on any atom is 0.294 e. The van der Waals surface area contributed by atoms with E-state index in [9.17, 15) is 28.6 Å². The van der Waals surface area contributed by atoms with Crippen LogP contribution in [0.2, 0.25) is 5.02 Å². The van der Waals surface area contributed by atoms with Gasteiger partial charge < -0.3 is 14.6 Å². The van der Waals surface area contributed by atoms with Crippen molar-refractivity contribution in [2.75, 3.05) is 4.90 Å². The lowest BCUT2D eigenvalue weighted by atomic mass is 9.94. The summed E-state index contributed by atoms with van der Waals surface area (Å²) in [5, 5.41) is 21.4. The summed E-state index contributed by atoms with van der Waals surface area (Å²) in [6, 6.07) is 13.0. The van der Waals surface area contributed by atoms with Crippen LogP contribution in [0.25, 0.3) is 11.0 Å². The van der Waals surface area contributed by atoms with Crippen molar-refractivity contribution in [1.82, 2.24) is 0 Å². The van der Waals surface area contributed by atoms with Gasteiger partial charge in [0.05, 0.1) is 17.3 Å². The van der Waals surface area contributed by atoms with Crippen LogP contribution in [0.1, 0.15) is 22.2 Å². The average Bonchev–Trinajstić information content (AvgIpc) is 3.33. The highest BCUT2D eigenvalue weighted by molar-refractivity contribution is 6.31. The number of nitrogens with zero attached hydrogens (tertiary/aromatic N) is 1. The number of halogens is 3. The molecule has 0 saturated carbocycles. The van der Waals surface area contributed by atoms with E-state index in [-0.39, 0.29) is 22.8 Å². The molecule has 1 aromatic heterocycles. The Labute approximate surface area is 195 Å². The van der Waals surface area contributed by atoms with Crippen molar-refractivity contribution < 1.29 is 33.0 Å². The van der Waals surface area contributed by atoms with E-state index in [2.05, 4.69) is 0 Å². The summed E-state index contributed by atoms with van der Waals surface area (Å²) >= 11 is 6.00. The van der Waals surface area contributed by atoms with Crippen LogP contribution in [-0.4, -0.2) is 21.9 Å². The number of phenols is 1. The molecule has 1 atom stereocenters. The van der Waals surface area contributed by atoms with E-state index in [1.807, 2.05) is 0 Å². The number of rotatable bonds is 4. The molecular formula is C25H14ClF2NO5. The number of fused-ring (bicyclic) bond motifs is 1. The van der Waals surface area contributed by atoms with E-state index in [1.54, 1.807) is 18.2 Å². The number of anilines is 1. The van der Waals surface area contributed by atoms with Crippen LogP contribution in [0.3, 0.4) is 0 Å². The zero-order valence-electron chi connectivity index (χ0n) is 17.1. The molecule has 0 bridgehead atoms. The zero-order valence-corrected chi connectivity index (χ0v) is 17.9. The van der Waals surface area contributed by atoms with Gasteiger partial charge in [-0.2, -0.15) is 0 Å². The summed E-state index contributed by atoms with van der Waals surface area (Å²) in [5.41, 5.74) is -0.0407. The molecule has 170 valence electrons. The number of carbonyl (C=O) groups is 2. The Kier molecular flexibility index (Phi) is 5.10. The van der Waals surface area contributed by atoms with Crippen molar-refractivity contribution in [1.29, 1.82) is 0 Å². The van der Waals surface area contributed by atoms with Gasteiger partial charge in [0.25, 0.3) is 5.91 Å². The van der Waals surface area contributed by atoms with Crippen molar-refractivity contribution in [3.8, 4) is 5.75 Å². The minimum absolute atomic E-state index is 0.0807. The number of benzene rings is 3. The average molecular weight is 482 g/mol. The molecule has 0 spiro atoms. The number of amides is 1. The van der Waals surface area contributed by atoms with Gasteiger partial charge >= 0.3 is 0 Å². The second kappa shape index (κ2) is 8.00. The van der Waals surface area contributed by atoms with Gasteiger partial charge in [-0.3, -0.25) is 14.5 Å². The number of carbonyl (C=O) groups excluding carboxylic acids is 2. The molecule has 1 aliphatic rings. The maximum atomic E-state index is 14.7. The molecule has 34 heavy (non-hydrogen) atoms. The van der Waals surface area contributed by atoms with Gasteiger partial charge in [-0.1, -0.05) is 23.7 Å². The van der Waals surface area contributed by atoms with Gasteiger partial charge in [-0.05, 0) is 54.1 Å². The summed E-state index contributed by atoms with van der Waals surface area (Å²) in [7, 11) is 0. The molecule has 2 N–H and O–H groups in total. The number of hydrogen-bond acceptors (Lipinski definition) is 5. The van der Waals surface area contributed by atoms with E-state index in [0.717, 1.165) is 17.0 Å². The first-order valence-corrected chi connectivity index (χ1v) is 10.4. The number of furan rings is 1. The molecule has 1 unspecified atom stereocenters. The molecule has 4 aromatic rings. The fourth-order valence-electron chi connectivity index (χ4n) is 3.99. The van der Waals surface area contributed by atoms with E-state index < -0.39 is 35.1 Å². The van der Waals surface area contributed by atoms with Crippen LogP contribution >= 0.6 is 11.6 Å². The number of hydrogen-bond donors (Lipinski definition) is 2. The van der Waals surface area contributed by atoms with Crippen LogP contribution < -0.4 is 4.90 Å². The number of aliphatic hydroxyl groups excluding tert-OH is 1. The number of aliphatic hydroxyl groups is 1. The van der Waals surface area contributed by atoms with Crippen molar-refractivity contribution >= 4 is 39.9 Å². The fourth-order valence-corrected chi connectivity index (χ4v) is 4.17. The Bertz CT molecular complexity index is 1510. The number of Topliss-reactive ketones (excluding diaryl/α,β-unsaturated/α-hetero) is 1. The van der Waals surface area contributed by atoms with Crippen LogP contribution in [0.5, 0.6) is 5.75 Å². The summed E-state index contributed by atoms with van der Waals surface area (Å²) in [5.74, 6) is -4.92. The molecule has 9 heteroatoms.